The number of carbonyl (C=O) groups is 1. The van der Waals surface area contributed by atoms with E-state index in [9.17, 15) is 4.79 Å². The second-order valence-corrected chi connectivity index (χ2v) is 7.11. The van der Waals surface area contributed by atoms with E-state index < -0.39 is 3.67 Å². The van der Waals surface area contributed by atoms with Crippen molar-refractivity contribution in [2.45, 2.75) is 15.5 Å². The number of ketones is 1. The minimum absolute atomic E-state index is 0.276. The molecular formula is C10H10Cl2O2S2. The fourth-order valence-corrected chi connectivity index (χ4v) is 3.21. The molecule has 6 heteroatoms. The van der Waals surface area contributed by atoms with E-state index in [4.69, 9.17) is 27.9 Å². The highest BCUT2D eigenvalue weighted by Gasteiger charge is 2.31. The maximum Gasteiger partial charge on any atom is 0.230 e. The van der Waals surface area contributed by atoms with E-state index in [1.54, 1.807) is 7.11 Å². The highest BCUT2D eigenvalue weighted by atomic mass is 35.5. The zero-order valence-electron chi connectivity index (χ0n) is 8.70. The third-order valence-electron chi connectivity index (χ3n) is 1.71. The predicted octanol–water partition coefficient (Wildman–Crippen LogP) is 4.16. The molecule has 0 saturated heterocycles. The van der Waals surface area contributed by atoms with Gasteiger partial charge in [0.15, 0.2) is 5.78 Å². The molecule has 0 aromatic heterocycles. The quantitative estimate of drug-likeness (QED) is 0.463. The summed E-state index contributed by atoms with van der Waals surface area (Å²) in [4.78, 5) is 12.0. The second-order valence-electron chi connectivity index (χ2n) is 2.92. The van der Waals surface area contributed by atoms with Gasteiger partial charge in [-0.3, -0.25) is 4.79 Å². The molecule has 0 N–H and O–H groups in total. The van der Waals surface area contributed by atoms with Gasteiger partial charge in [-0.05, 0) is 42.0 Å². The summed E-state index contributed by atoms with van der Waals surface area (Å²) in [5, 5.41) is 0. The number of ether oxygens (including phenoxy) is 1. The van der Waals surface area contributed by atoms with Crippen molar-refractivity contribution in [2.24, 2.45) is 0 Å². The van der Waals surface area contributed by atoms with Gasteiger partial charge >= 0.3 is 0 Å². The number of methoxy groups -OCH3 is 1. The van der Waals surface area contributed by atoms with Gasteiger partial charge in [0.2, 0.25) is 3.67 Å². The van der Waals surface area contributed by atoms with Crippen molar-refractivity contribution in [3.8, 4) is 5.75 Å². The normalized spacial score (nSPS) is 11.2. The summed E-state index contributed by atoms with van der Waals surface area (Å²) in [6.07, 6.45) is 0. The number of Topliss-reactive ketones (excluding diaryl/α,β-unsaturated/α-hetero) is 1. The number of benzene rings is 1. The molecule has 0 spiro atoms. The van der Waals surface area contributed by atoms with Gasteiger partial charge in [0, 0.05) is 4.90 Å². The average Bonchev–Trinajstić information content (AvgIpc) is 2.27. The predicted molar refractivity (Wildman–Crippen MR) is 71.6 cm³/mol. The molecule has 0 unspecified atom stereocenters. The molecule has 1 aromatic carbocycles. The smallest absolute Gasteiger partial charge is 0.230 e. The minimum atomic E-state index is -1.40. The van der Waals surface area contributed by atoms with Crippen LogP contribution >= 0.6 is 44.8 Å². The van der Waals surface area contributed by atoms with Gasteiger partial charge in [-0.15, -0.1) is 0 Å². The molecule has 16 heavy (non-hydrogen) atoms. The third-order valence-corrected chi connectivity index (χ3v) is 5.88. The molecule has 1 rings (SSSR count). The molecule has 0 bridgehead atoms. The van der Waals surface area contributed by atoms with E-state index >= 15 is 0 Å². The maximum absolute atomic E-state index is 11.1. The number of halogens is 2. The largest absolute Gasteiger partial charge is 0.497 e. The molecule has 0 aliphatic heterocycles. The SMILES string of the molecule is COc1ccc(SS[13C](Cl)(Cl)C(C)=O)cc1. The molecule has 88 valence electrons. The van der Waals surface area contributed by atoms with Crippen LogP contribution in [0, 0.1) is 0 Å². The van der Waals surface area contributed by atoms with Crippen molar-refractivity contribution >= 4 is 50.6 Å². The lowest BCUT2D eigenvalue weighted by Crippen LogP contribution is -2.16. The summed E-state index contributed by atoms with van der Waals surface area (Å²) in [5.41, 5.74) is 0. The van der Waals surface area contributed by atoms with Crippen LogP contribution in [0.3, 0.4) is 0 Å². The van der Waals surface area contributed by atoms with E-state index in [1.807, 2.05) is 24.3 Å². The zero-order chi connectivity index (χ0) is 12.2. The Kier molecular flexibility index (Phi) is 5.31. The Balaban J connectivity index is 2.58. The second kappa shape index (κ2) is 6.05. The molecule has 0 atom stereocenters. The molecule has 1 aromatic rings. The number of alkyl halides is 2. The zero-order valence-corrected chi connectivity index (χ0v) is 11.8. The van der Waals surface area contributed by atoms with Gasteiger partial charge in [0.1, 0.15) is 5.75 Å². The van der Waals surface area contributed by atoms with Crippen molar-refractivity contribution in [1.82, 2.24) is 0 Å². The summed E-state index contributed by atoms with van der Waals surface area (Å²) >= 11 is 11.6. The lowest BCUT2D eigenvalue weighted by molar-refractivity contribution is -0.116. The number of hydrogen-bond acceptors (Lipinski definition) is 4. The fraction of sp³-hybridized carbons (Fsp3) is 0.300. The third kappa shape index (κ3) is 4.09. The summed E-state index contributed by atoms with van der Waals surface area (Å²) in [6.45, 7) is 1.36. The van der Waals surface area contributed by atoms with Gasteiger partial charge in [-0.2, -0.15) is 0 Å². The van der Waals surface area contributed by atoms with E-state index in [0.717, 1.165) is 21.4 Å². The first-order valence-electron chi connectivity index (χ1n) is 4.34. The van der Waals surface area contributed by atoms with Gasteiger partial charge in [-0.25, -0.2) is 0 Å². The van der Waals surface area contributed by atoms with Crippen LogP contribution < -0.4 is 4.74 Å². The van der Waals surface area contributed by atoms with Crippen molar-refractivity contribution < 1.29 is 9.53 Å². The summed E-state index contributed by atoms with van der Waals surface area (Å²) in [5.74, 6) is 0.505. The standard InChI is InChI=1S/C10H10Cl2O2S2/c1-7(13)10(11,12)16-15-9-5-3-8(14-2)4-6-9/h3-6H,1-2H3/i10+1. The Labute approximate surface area is 112 Å². The van der Waals surface area contributed by atoms with E-state index in [2.05, 4.69) is 0 Å². The topological polar surface area (TPSA) is 26.3 Å². The highest BCUT2D eigenvalue weighted by molar-refractivity contribution is 8.78. The lowest BCUT2D eigenvalue weighted by atomic mass is 10.3. The van der Waals surface area contributed by atoms with Crippen LogP contribution in [-0.2, 0) is 4.79 Å². The Morgan fingerprint density at radius 3 is 2.31 bits per heavy atom. The minimum Gasteiger partial charge on any atom is -0.497 e. The molecule has 0 heterocycles. The number of carbonyl (C=O) groups excluding carboxylic acids is 1. The highest BCUT2D eigenvalue weighted by Crippen LogP contribution is 2.46. The van der Waals surface area contributed by atoms with Gasteiger partial charge in [0.05, 0.1) is 7.11 Å². The first-order chi connectivity index (χ1) is 7.45. The van der Waals surface area contributed by atoms with Crippen LogP contribution in [-0.4, -0.2) is 16.6 Å². The van der Waals surface area contributed by atoms with Crippen molar-refractivity contribution in [3.63, 3.8) is 0 Å². The van der Waals surface area contributed by atoms with Gasteiger partial charge in [-0.1, -0.05) is 34.0 Å². The molecule has 0 fully saturated rings. The molecule has 2 nitrogen and oxygen atoms in total. The fourth-order valence-electron chi connectivity index (χ4n) is 0.790. The Morgan fingerprint density at radius 1 is 1.31 bits per heavy atom. The number of hydrogen-bond donors (Lipinski definition) is 0. The molecule has 0 saturated carbocycles. The Morgan fingerprint density at radius 2 is 1.88 bits per heavy atom. The van der Waals surface area contributed by atoms with Crippen molar-refractivity contribution in [1.29, 1.82) is 0 Å². The van der Waals surface area contributed by atoms with Crippen molar-refractivity contribution in [3.05, 3.63) is 24.3 Å². The van der Waals surface area contributed by atoms with E-state index in [-0.39, 0.29) is 5.78 Å². The molecular weight excluding hydrogens is 288 g/mol. The van der Waals surface area contributed by atoms with Crippen LogP contribution in [0.4, 0.5) is 0 Å². The Hall–Kier alpha value is -0.0300. The van der Waals surface area contributed by atoms with E-state index in [0.29, 0.717) is 0 Å². The molecule has 0 aliphatic carbocycles. The summed E-state index contributed by atoms with van der Waals surface area (Å²) in [6, 6.07) is 7.42. The van der Waals surface area contributed by atoms with E-state index in [1.165, 1.54) is 17.7 Å². The number of rotatable bonds is 5. The van der Waals surface area contributed by atoms with Crippen LogP contribution in [0.1, 0.15) is 6.92 Å². The van der Waals surface area contributed by atoms with Crippen LogP contribution in [0.2, 0.25) is 0 Å². The monoisotopic (exact) mass is 297 g/mol. The first-order valence-corrected chi connectivity index (χ1v) is 7.25. The average molecular weight is 298 g/mol. The molecule has 0 radical (unpaired) electrons. The van der Waals surface area contributed by atoms with Crippen LogP contribution in [0.25, 0.3) is 0 Å². The first kappa shape index (κ1) is 14.0. The van der Waals surface area contributed by atoms with Crippen LogP contribution in [0.15, 0.2) is 29.2 Å². The molecule has 0 amide bonds. The Bertz CT molecular complexity index is 366. The van der Waals surface area contributed by atoms with Gasteiger partial charge < -0.3 is 4.74 Å². The summed E-state index contributed by atoms with van der Waals surface area (Å²) < 4.78 is 3.63. The molecule has 0 aliphatic rings. The van der Waals surface area contributed by atoms with Crippen LogP contribution in [0.5, 0.6) is 5.75 Å². The van der Waals surface area contributed by atoms with Gasteiger partial charge in [0.25, 0.3) is 0 Å². The lowest BCUT2D eigenvalue weighted by Gasteiger charge is -2.13. The van der Waals surface area contributed by atoms with Crippen molar-refractivity contribution in [2.75, 3.05) is 7.11 Å². The maximum atomic E-state index is 11.1. The summed E-state index contributed by atoms with van der Waals surface area (Å²) in [7, 11) is 4.07.